The number of nitrogens with zero attached hydrogens (tertiary/aromatic N) is 2. The molecule has 0 aliphatic rings. The van der Waals surface area contributed by atoms with E-state index in [4.69, 9.17) is 0 Å². The van der Waals surface area contributed by atoms with Crippen molar-refractivity contribution in [3.05, 3.63) is 206 Å². The third kappa shape index (κ3) is 4.96. The highest BCUT2D eigenvalue weighted by Gasteiger charge is 2.20. The number of rotatable bonds is 5. The zero-order valence-electron chi connectivity index (χ0n) is 30.9. The maximum Gasteiger partial charge on any atom is 0.0640 e. The summed E-state index contributed by atoms with van der Waals surface area (Å²) in [4.78, 5) is 0. The van der Waals surface area contributed by atoms with Crippen molar-refractivity contribution < 1.29 is 0 Å². The van der Waals surface area contributed by atoms with Crippen LogP contribution in [-0.2, 0) is 0 Å². The van der Waals surface area contributed by atoms with Crippen LogP contribution in [0.25, 0.3) is 109 Å². The van der Waals surface area contributed by atoms with E-state index in [0.717, 1.165) is 5.69 Å². The molecule has 9 aromatic carbocycles. The Morgan fingerprint density at radius 1 is 0.316 bits per heavy atom. The molecule has 0 aliphatic carbocycles. The fraction of sp³-hybridized carbons (Fsp3) is 0. The Kier molecular flexibility index (Phi) is 7.13. The molecule has 0 amide bonds. The van der Waals surface area contributed by atoms with Crippen molar-refractivity contribution in [3.63, 3.8) is 0 Å². The smallest absolute Gasteiger partial charge is 0.0640 e. The van der Waals surface area contributed by atoms with Crippen LogP contribution in [0.1, 0.15) is 0 Å². The molecule has 12 rings (SSSR count). The van der Waals surface area contributed by atoms with E-state index in [1.165, 1.54) is 103 Å². The zero-order chi connectivity index (χ0) is 37.5. The average molecular weight is 743 g/mol. The number of aromatic nitrogens is 2. The maximum atomic E-state index is 2.47. The van der Waals surface area contributed by atoms with Crippen molar-refractivity contribution in [2.45, 2.75) is 0 Å². The predicted molar refractivity (Wildman–Crippen MR) is 244 cm³/mol. The molecule has 3 heterocycles. The Bertz CT molecular complexity index is 3490. The fourth-order valence-electron chi connectivity index (χ4n) is 9.12. The van der Waals surface area contributed by atoms with Crippen LogP contribution in [0.15, 0.2) is 206 Å². The Hall–Kier alpha value is -7.20. The van der Waals surface area contributed by atoms with Crippen LogP contribution in [0.5, 0.6) is 0 Å². The van der Waals surface area contributed by atoms with Gasteiger partial charge in [-0.2, -0.15) is 0 Å². The van der Waals surface area contributed by atoms with Crippen molar-refractivity contribution >= 4 is 75.1 Å². The van der Waals surface area contributed by atoms with Gasteiger partial charge in [-0.3, -0.25) is 0 Å². The quantitative estimate of drug-likeness (QED) is 0.166. The van der Waals surface area contributed by atoms with Gasteiger partial charge in [-0.15, -0.1) is 11.3 Å². The predicted octanol–water partition coefficient (Wildman–Crippen LogP) is 15.2. The van der Waals surface area contributed by atoms with E-state index in [1.54, 1.807) is 0 Å². The minimum Gasteiger partial charge on any atom is -0.309 e. The summed E-state index contributed by atoms with van der Waals surface area (Å²) in [5.41, 5.74) is 14.5. The topological polar surface area (TPSA) is 9.86 Å². The molecule has 2 nitrogen and oxygen atoms in total. The molecule has 0 N–H and O–H groups in total. The molecule has 0 atom stereocenters. The van der Waals surface area contributed by atoms with Crippen LogP contribution in [0, 0.1) is 0 Å². The molecule has 3 heteroatoms. The number of hydrogen-bond donors (Lipinski definition) is 0. The Morgan fingerprint density at radius 2 is 0.860 bits per heavy atom. The van der Waals surface area contributed by atoms with Crippen LogP contribution >= 0.6 is 11.3 Å². The highest BCUT2D eigenvalue weighted by atomic mass is 32.1. The van der Waals surface area contributed by atoms with E-state index in [1.807, 2.05) is 11.3 Å². The first-order valence-corrected chi connectivity index (χ1v) is 20.3. The van der Waals surface area contributed by atoms with Crippen molar-refractivity contribution in [1.82, 2.24) is 9.13 Å². The Labute approximate surface area is 333 Å². The summed E-state index contributed by atoms with van der Waals surface area (Å²) in [6.07, 6.45) is 0. The summed E-state index contributed by atoms with van der Waals surface area (Å²) >= 11 is 1.88. The summed E-state index contributed by atoms with van der Waals surface area (Å²) < 4.78 is 7.56. The fourth-order valence-corrected chi connectivity index (χ4v) is 10.3. The molecule has 0 unspecified atom stereocenters. The van der Waals surface area contributed by atoms with Crippen LogP contribution < -0.4 is 0 Å². The van der Waals surface area contributed by atoms with Gasteiger partial charge in [0.15, 0.2) is 0 Å². The second kappa shape index (κ2) is 12.7. The standard InChI is InChI=1S/C54H34N2S/c1-3-13-35(14-4-1)36-25-29-40(30-26-36)55-49-31-27-39(34-47(49)44-20-11-19-41(53(44)55)37-15-5-2-6-16-37)38-28-32-50-46(33-38)42-17-7-9-22-48(42)56(50)51-23-12-21-45-43-18-8-10-24-52(43)57-54(45)51/h1-34H. The van der Waals surface area contributed by atoms with Crippen molar-refractivity contribution in [2.75, 3.05) is 0 Å². The van der Waals surface area contributed by atoms with Crippen LogP contribution in [0.4, 0.5) is 0 Å². The number of para-hydroxylation sites is 2. The first-order valence-electron chi connectivity index (χ1n) is 19.5. The first kappa shape index (κ1) is 32.1. The second-order valence-corrected chi connectivity index (χ2v) is 15.9. The lowest BCUT2D eigenvalue weighted by molar-refractivity contribution is 1.18. The lowest BCUT2D eigenvalue weighted by Gasteiger charge is -2.13. The second-order valence-electron chi connectivity index (χ2n) is 14.9. The average Bonchev–Trinajstić information content (AvgIpc) is 3.94. The molecule has 0 aliphatic heterocycles. The van der Waals surface area contributed by atoms with Gasteiger partial charge >= 0.3 is 0 Å². The highest BCUT2D eigenvalue weighted by molar-refractivity contribution is 7.26. The van der Waals surface area contributed by atoms with Crippen LogP contribution in [0.2, 0.25) is 0 Å². The number of thiophene rings is 1. The van der Waals surface area contributed by atoms with Gasteiger partial charge in [-0.05, 0) is 82.4 Å². The number of benzene rings is 9. The lowest BCUT2D eigenvalue weighted by atomic mass is 9.99. The Balaban J connectivity index is 1.05. The largest absolute Gasteiger partial charge is 0.309 e. The van der Waals surface area contributed by atoms with E-state index in [9.17, 15) is 0 Å². The minimum absolute atomic E-state index is 1.15. The lowest BCUT2D eigenvalue weighted by Crippen LogP contribution is -1.95. The van der Waals surface area contributed by atoms with Crippen molar-refractivity contribution in [3.8, 4) is 44.8 Å². The molecule has 0 spiro atoms. The molecular formula is C54H34N2S. The van der Waals surface area contributed by atoms with E-state index >= 15 is 0 Å². The summed E-state index contributed by atoms with van der Waals surface area (Å²) in [6, 6.07) is 75.6. The van der Waals surface area contributed by atoms with Gasteiger partial charge in [0.1, 0.15) is 0 Å². The normalized spacial score (nSPS) is 11.9. The van der Waals surface area contributed by atoms with E-state index in [-0.39, 0.29) is 0 Å². The third-order valence-electron chi connectivity index (χ3n) is 11.7. The van der Waals surface area contributed by atoms with Gasteiger partial charge in [0, 0.05) is 48.3 Å². The SMILES string of the molecule is c1ccc(-c2ccc(-n3c4ccc(-c5ccc6c(c5)c5ccccc5n6-c5cccc6c5sc5ccccc56)cc4c4cccc(-c5ccccc5)c43)cc2)cc1. The van der Waals surface area contributed by atoms with Gasteiger partial charge in [0.05, 0.1) is 32.5 Å². The molecule has 0 saturated heterocycles. The first-order chi connectivity index (χ1) is 28.3. The maximum absolute atomic E-state index is 2.47. The van der Waals surface area contributed by atoms with Gasteiger partial charge in [-0.1, -0.05) is 152 Å². The van der Waals surface area contributed by atoms with Gasteiger partial charge in [0.25, 0.3) is 0 Å². The summed E-state index contributed by atoms with van der Waals surface area (Å²) in [6.45, 7) is 0. The molecule has 12 aromatic rings. The van der Waals surface area contributed by atoms with Gasteiger partial charge in [-0.25, -0.2) is 0 Å². The van der Waals surface area contributed by atoms with Gasteiger partial charge < -0.3 is 9.13 Å². The van der Waals surface area contributed by atoms with E-state index in [2.05, 4.69) is 215 Å². The molecule has 57 heavy (non-hydrogen) atoms. The van der Waals surface area contributed by atoms with E-state index in [0.29, 0.717) is 0 Å². The molecule has 0 saturated carbocycles. The summed E-state index contributed by atoms with van der Waals surface area (Å²) in [5, 5.41) is 7.64. The molecule has 3 aromatic heterocycles. The Morgan fingerprint density at radius 3 is 1.63 bits per heavy atom. The minimum atomic E-state index is 1.15. The molecule has 0 radical (unpaired) electrons. The summed E-state index contributed by atoms with van der Waals surface area (Å²) in [5.74, 6) is 0. The summed E-state index contributed by atoms with van der Waals surface area (Å²) in [7, 11) is 0. The van der Waals surface area contributed by atoms with Crippen LogP contribution in [0.3, 0.4) is 0 Å². The molecule has 0 bridgehead atoms. The zero-order valence-corrected chi connectivity index (χ0v) is 31.7. The molecule has 0 fully saturated rings. The molecular weight excluding hydrogens is 709 g/mol. The number of hydrogen-bond acceptors (Lipinski definition) is 1. The van der Waals surface area contributed by atoms with Crippen molar-refractivity contribution in [2.24, 2.45) is 0 Å². The molecule has 266 valence electrons. The monoisotopic (exact) mass is 742 g/mol. The van der Waals surface area contributed by atoms with E-state index < -0.39 is 0 Å². The van der Waals surface area contributed by atoms with Crippen LogP contribution in [-0.4, -0.2) is 9.13 Å². The highest BCUT2D eigenvalue weighted by Crippen LogP contribution is 2.43. The van der Waals surface area contributed by atoms with Crippen molar-refractivity contribution in [1.29, 1.82) is 0 Å². The van der Waals surface area contributed by atoms with Gasteiger partial charge in [0.2, 0.25) is 0 Å². The third-order valence-corrected chi connectivity index (χ3v) is 12.9. The number of fused-ring (bicyclic) bond motifs is 9.